The van der Waals surface area contributed by atoms with E-state index in [-0.39, 0.29) is 18.0 Å². The molecule has 0 aliphatic rings. The summed E-state index contributed by atoms with van der Waals surface area (Å²) in [6.45, 7) is 6.91. The van der Waals surface area contributed by atoms with Gasteiger partial charge in [-0.25, -0.2) is 0 Å². The Kier molecular flexibility index (Phi) is 6.36. The lowest BCUT2D eigenvalue weighted by molar-refractivity contribution is -0.122. The van der Waals surface area contributed by atoms with Crippen LogP contribution in [0.25, 0.3) is 0 Å². The lowest BCUT2D eigenvalue weighted by Gasteiger charge is -2.17. The van der Waals surface area contributed by atoms with Crippen LogP contribution in [0.2, 0.25) is 0 Å². The number of hydrogen-bond donors (Lipinski definition) is 2. The molecule has 0 aliphatic heterocycles. The van der Waals surface area contributed by atoms with Crippen molar-refractivity contribution in [3.8, 4) is 5.75 Å². The molecule has 0 bridgehead atoms. The molecule has 0 saturated heterocycles. The maximum atomic E-state index is 11.9. The number of carbonyl (C=O) groups is 1. The van der Waals surface area contributed by atoms with Crippen molar-refractivity contribution >= 4 is 5.91 Å². The van der Waals surface area contributed by atoms with E-state index in [1.165, 1.54) is 0 Å². The van der Waals surface area contributed by atoms with Crippen molar-refractivity contribution in [2.24, 2.45) is 0 Å². The second-order valence-electron chi connectivity index (χ2n) is 4.73. The molecular weight excluding hydrogens is 240 g/mol. The summed E-state index contributed by atoms with van der Waals surface area (Å²) in [5.74, 6) is 0.889. The van der Waals surface area contributed by atoms with Crippen LogP contribution in [0.1, 0.15) is 38.8 Å². The van der Waals surface area contributed by atoms with Crippen molar-refractivity contribution in [1.82, 2.24) is 10.6 Å². The van der Waals surface area contributed by atoms with Crippen LogP contribution in [0.3, 0.4) is 0 Å². The summed E-state index contributed by atoms with van der Waals surface area (Å²) in [5, 5.41) is 6.23. The molecule has 0 radical (unpaired) electrons. The van der Waals surface area contributed by atoms with E-state index >= 15 is 0 Å². The number of carbonyl (C=O) groups excluding carboxylic acids is 1. The van der Waals surface area contributed by atoms with Crippen LogP contribution in [0.15, 0.2) is 24.3 Å². The minimum absolute atomic E-state index is 0.00670. The zero-order valence-corrected chi connectivity index (χ0v) is 12.2. The Morgan fingerprint density at radius 3 is 2.42 bits per heavy atom. The second-order valence-corrected chi connectivity index (χ2v) is 4.73. The van der Waals surface area contributed by atoms with Crippen molar-refractivity contribution in [2.75, 3.05) is 13.7 Å². The lowest BCUT2D eigenvalue weighted by Crippen LogP contribution is -2.34. The molecule has 0 spiro atoms. The first-order chi connectivity index (χ1) is 9.06. The molecule has 106 valence electrons. The predicted molar refractivity (Wildman–Crippen MR) is 77.3 cm³/mol. The molecule has 0 saturated carbocycles. The monoisotopic (exact) mass is 264 g/mol. The molecule has 19 heavy (non-hydrogen) atoms. The second kappa shape index (κ2) is 7.79. The van der Waals surface area contributed by atoms with Crippen LogP contribution in [-0.4, -0.2) is 25.6 Å². The quantitative estimate of drug-likeness (QED) is 0.794. The summed E-state index contributed by atoms with van der Waals surface area (Å²) in [5.41, 5.74) is 1.07. The summed E-state index contributed by atoms with van der Waals surface area (Å²) in [6.07, 6.45) is 0.494. The Hall–Kier alpha value is -1.55. The third kappa shape index (κ3) is 5.30. The van der Waals surface area contributed by atoms with Gasteiger partial charge >= 0.3 is 0 Å². The maximum Gasteiger partial charge on any atom is 0.222 e. The normalized spacial score (nSPS) is 13.7. The van der Waals surface area contributed by atoms with Gasteiger partial charge in [0.2, 0.25) is 5.91 Å². The van der Waals surface area contributed by atoms with Gasteiger partial charge in [-0.1, -0.05) is 19.1 Å². The molecule has 1 aromatic rings. The minimum Gasteiger partial charge on any atom is -0.497 e. The molecule has 1 amide bonds. The summed E-state index contributed by atoms with van der Waals surface area (Å²) >= 11 is 0. The van der Waals surface area contributed by atoms with Crippen molar-refractivity contribution < 1.29 is 9.53 Å². The van der Waals surface area contributed by atoms with Gasteiger partial charge in [0.25, 0.3) is 0 Å². The summed E-state index contributed by atoms with van der Waals surface area (Å²) in [7, 11) is 1.64. The average Bonchev–Trinajstić information content (AvgIpc) is 2.38. The Labute approximate surface area is 115 Å². The number of hydrogen-bond acceptors (Lipinski definition) is 3. The highest BCUT2D eigenvalue weighted by Gasteiger charge is 2.12. The zero-order valence-electron chi connectivity index (χ0n) is 12.2. The molecule has 2 unspecified atom stereocenters. The standard InChI is InChI=1S/C15H24N2O2/c1-5-16-11(2)10-15(18)17-12(3)13-6-8-14(19-4)9-7-13/h6-9,11-12,16H,5,10H2,1-4H3,(H,17,18). The van der Waals surface area contributed by atoms with E-state index in [4.69, 9.17) is 4.74 Å². The molecule has 2 N–H and O–H groups in total. The summed E-state index contributed by atoms with van der Waals surface area (Å²) in [4.78, 5) is 11.9. The molecule has 0 aromatic heterocycles. The highest BCUT2D eigenvalue weighted by atomic mass is 16.5. The van der Waals surface area contributed by atoms with Gasteiger partial charge in [0.1, 0.15) is 5.75 Å². The predicted octanol–water partition coefficient (Wildman–Crippen LogP) is 2.26. The van der Waals surface area contributed by atoms with E-state index in [0.717, 1.165) is 17.9 Å². The van der Waals surface area contributed by atoms with Gasteiger partial charge in [0.15, 0.2) is 0 Å². The number of rotatable bonds is 7. The summed E-state index contributed by atoms with van der Waals surface area (Å²) in [6, 6.07) is 7.95. The van der Waals surface area contributed by atoms with Gasteiger partial charge in [-0.3, -0.25) is 4.79 Å². The van der Waals surface area contributed by atoms with Gasteiger partial charge in [-0.15, -0.1) is 0 Å². The van der Waals surface area contributed by atoms with Crippen LogP contribution < -0.4 is 15.4 Å². The Morgan fingerprint density at radius 1 is 1.26 bits per heavy atom. The van der Waals surface area contributed by atoms with Crippen LogP contribution >= 0.6 is 0 Å². The minimum atomic E-state index is 0.00670. The van der Waals surface area contributed by atoms with Gasteiger partial charge in [-0.2, -0.15) is 0 Å². The average molecular weight is 264 g/mol. The first kappa shape index (κ1) is 15.5. The van der Waals surface area contributed by atoms with E-state index in [0.29, 0.717) is 6.42 Å². The smallest absolute Gasteiger partial charge is 0.222 e. The van der Waals surface area contributed by atoms with E-state index in [2.05, 4.69) is 10.6 Å². The van der Waals surface area contributed by atoms with Crippen LogP contribution in [0.5, 0.6) is 5.75 Å². The zero-order chi connectivity index (χ0) is 14.3. The third-order valence-corrected chi connectivity index (χ3v) is 3.04. The largest absolute Gasteiger partial charge is 0.497 e. The van der Waals surface area contributed by atoms with E-state index in [1.54, 1.807) is 7.11 Å². The van der Waals surface area contributed by atoms with Gasteiger partial charge in [0.05, 0.1) is 13.2 Å². The van der Waals surface area contributed by atoms with Gasteiger partial charge < -0.3 is 15.4 Å². The fourth-order valence-corrected chi connectivity index (χ4v) is 1.98. The summed E-state index contributed by atoms with van der Waals surface area (Å²) < 4.78 is 5.11. The van der Waals surface area contributed by atoms with Crippen molar-refractivity contribution in [2.45, 2.75) is 39.3 Å². The molecule has 0 fully saturated rings. The Morgan fingerprint density at radius 2 is 1.89 bits per heavy atom. The lowest BCUT2D eigenvalue weighted by atomic mass is 10.1. The number of ether oxygens (including phenoxy) is 1. The van der Waals surface area contributed by atoms with E-state index in [1.807, 2.05) is 45.0 Å². The van der Waals surface area contributed by atoms with Crippen molar-refractivity contribution in [3.63, 3.8) is 0 Å². The van der Waals surface area contributed by atoms with Crippen LogP contribution in [-0.2, 0) is 4.79 Å². The first-order valence-corrected chi connectivity index (χ1v) is 6.73. The number of amides is 1. The number of nitrogens with one attached hydrogen (secondary N) is 2. The van der Waals surface area contributed by atoms with Gasteiger partial charge in [0, 0.05) is 12.5 Å². The third-order valence-electron chi connectivity index (χ3n) is 3.04. The molecule has 2 atom stereocenters. The number of benzene rings is 1. The Balaban J connectivity index is 2.48. The first-order valence-electron chi connectivity index (χ1n) is 6.73. The van der Waals surface area contributed by atoms with E-state index in [9.17, 15) is 4.79 Å². The SMILES string of the molecule is CCNC(C)CC(=O)NC(C)c1ccc(OC)cc1. The number of methoxy groups -OCH3 is 1. The fraction of sp³-hybridized carbons (Fsp3) is 0.533. The van der Waals surface area contributed by atoms with Crippen LogP contribution in [0.4, 0.5) is 0 Å². The molecule has 1 aromatic carbocycles. The Bertz CT molecular complexity index is 390. The topological polar surface area (TPSA) is 50.4 Å². The van der Waals surface area contributed by atoms with Crippen molar-refractivity contribution in [3.05, 3.63) is 29.8 Å². The fourth-order valence-electron chi connectivity index (χ4n) is 1.98. The molecule has 4 nitrogen and oxygen atoms in total. The van der Waals surface area contributed by atoms with Crippen LogP contribution in [0, 0.1) is 0 Å². The molecule has 0 aliphatic carbocycles. The highest BCUT2D eigenvalue weighted by molar-refractivity contribution is 5.77. The van der Waals surface area contributed by atoms with Gasteiger partial charge in [-0.05, 0) is 38.1 Å². The van der Waals surface area contributed by atoms with Crippen molar-refractivity contribution in [1.29, 1.82) is 0 Å². The molecule has 4 heteroatoms. The van der Waals surface area contributed by atoms with E-state index < -0.39 is 0 Å². The molecular formula is C15H24N2O2. The molecule has 1 rings (SSSR count). The maximum absolute atomic E-state index is 11.9. The molecule has 0 heterocycles. The highest BCUT2D eigenvalue weighted by Crippen LogP contribution is 2.17.